The van der Waals surface area contributed by atoms with E-state index in [0.717, 1.165) is 57.3 Å². The first-order valence-corrected chi connectivity index (χ1v) is 9.40. The Morgan fingerprint density at radius 2 is 1.89 bits per heavy atom. The quantitative estimate of drug-likeness (QED) is 0.577. The van der Waals surface area contributed by atoms with Crippen LogP contribution in [0.2, 0.25) is 0 Å². The summed E-state index contributed by atoms with van der Waals surface area (Å²) in [5, 5.41) is 6.54. The Labute approximate surface area is 160 Å². The number of anilines is 4. The number of hydrogen-bond acceptors (Lipinski definition) is 8. The topological polar surface area (TPSA) is 97.6 Å². The normalized spacial score (nSPS) is 14.7. The van der Waals surface area contributed by atoms with Gasteiger partial charge in [-0.25, -0.2) is 9.97 Å². The number of morpholine rings is 1. The molecule has 0 spiro atoms. The third kappa shape index (κ3) is 5.70. The van der Waals surface area contributed by atoms with Gasteiger partial charge in [0.15, 0.2) is 11.6 Å². The number of rotatable bonds is 9. The summed E-state index contributed by atoms with van der Waals surface area (Å²) in [6.07, 6.45) is 2.53. The smallest absolute Gasteiger partial charge is 0.159 e. The molecule has 1 aliphatic heterocycles. The minimum atomic E-state index is 0.512. The maximum absolute atomic E-state index is 6.23. The van der Waals surface area contributed by atoms with Gasteiger partial charge in [-0.2, -0.15) is 0 Å². The molecular formula is C19H28N6O2. The first-order valence-electron chi connectivity index (χ1n) is 9.40. The summed E-state index contributed by atoms with van der Waals surface area (Å²) in [5.41, 5.74) is 7.63. The average Bonchev–Trinajstić information content (AvgIpc) is 2.70. The van der Waals surface area contributed by atoms with Gasteiger partial charge in [0.1, 0.15) is 17.8 Å². The second-order valence-electron chi connectivity index (χ2n) is 6.30. The maximum atomic E-state index is 6.23. The molecule has 4 N–H and O–H groups in total. The van der Waals surface area contributed by atoms with Gasteiger partial charge < -0.3 is 25.8 Å². The van der Waals surface area contributed by atoms with Crippen molar-refractivity contribution in [1.82, 2.24) is 14.9 Å². The van der Waals surface area contributed by atoms with Crippen LogP contribution in [0.1, 0.15) is 13.3 Å². The first-order chi connectivity index (χ1) is 13.3. The predicted octanol–water partition coefficient (Wildman–Crippen LogP) is 2.34. The number of hydrogen-bond donors (Lipinski definition) is 3. The fourth-order valence-corrected chi connectivity index (χ4v) is 2.91. The zero-order valence-electron chi connectivity index (χ0n) is 15.8. The summed E-state index contributed by atoms with van der Waals surface area (Å²) in [5.74, 6) is 2.08. The van der Waals surface area contributed by atoms with Crippen LogP contribution in [0.5, 0.6) is 5.75 Å². The first kappa shape index (κ1) is 19.2. The van der Waals surface area contributed by atoms with Gasteiger partial charge in [-0.1, -0.05) is 0 Å². The summed E-state index contributed by atoms with van der Waals surface area (Å²) in [4.78, 5) is 10.9. The highest BCUT2D eigenvalue weighted by Crippen LogP contribution is 2.26. The van der Waals surface area contributed by atoms with Crippen LogP contribution >= 0.6 is 0 Å². The molecule has 27 heavy (non-hydrogen) atoms. The van der Waals surface area contributed by atoms with Crippen molar-refractivity contribution in [3.8, 4) is 5.75 Å². The summed E-state index contributed by atoms with van der Waals surface area (Å²) < 4.78 is 10.8. The van der Waals surface area contributed by atoms with Gasteiger partial charge in [0.2, 0.25) is 0 Å². The number of ether oxygens (including phenoxy) is 2. The lowest BCUT2D eigenvalue weighted by atomic mass is 10.3. The minimum Gasteiger partial charge on any atom is -0.494 e. The van der Waals surface area contributed by atoms with E-state index in [1.807, 2.05) is 31.2 Å². The number of nitrogens with zero attached hydrogens (tertiary/aromatic N) is 3. The standard InChI is InChI=1S/C19H28N6O2/c1-2-27-16-6-4-15(5-7-16)24-19-17(20)18(22-14-23-19)21-8-3-9-25-10-12-26-13-11-25/h4-7,14H,2-3,8-13,20H2,1H3,(H2,21,22,23,24). The molecule has 0 aliphatic carbocycles. The molecule has 1 saturated heterocycles. The molecule has 8 heteroatoms. The summed E-state index contributed by atoms with van der Waals surface area (Å²) in [6, 6.07) is 7.69. The average molecular weight is 372 g/mol. The molecule has 2 heterocycles. The summed E-state index contributed by atoms with van der Waals surface area (Å²) in [7, 11) is 0. The molecule has 1 aromatic carbocycles. The van der Waals surface area contributed by atoms with Crippen molar-refractivity contribution in [3.05, 3.63) is 30.6 Å². The van der Waals surface area contributed by atoms with Crippen molar-refractivity contribution in [1.29, 1.82) is 0 Å². The molecule has 146 valence electrons. The van der Waals surface area contributed by atoms with Gasteiger partial charge in [0.05, 0.1) is 19.8 Å². The lowest BCUT2D eigenvalue weighted by molar-refractivity contribution is 0.0378. The largest absolute Gasteiger partial charge is 0.494 e. The van der Waals surface area contributed by atoms with Crippen molar-refractivity contribution in [2.45, 2.75) is 13.3 Å². The van der Waals surface area contributed by atoms with Crippen molar-refractivity contribution in [2.75, 3.05) is 62.4 Å². The highest BCUT2D eigenvalue weighted by atomic mass is 16.5. The molecule has 2 aromatic rings. The second kappa shape index (κ2) is 9.94. The number of nitrogen functional groups attached to an aromatic ring is 1. The van der Waals surface area contributed by atoms with Crippen LogP contribution in [0, 0.1) is 0 Å². The number of nitrogens with one attached hydrogen (secondary N) is 2. The fraction of sp³-hybridized carbons (Fsp3) is 0.474. The van der Waals surface area contributed by atoms with E-state index in [1.54, 1.807) is 0 Å². The Morgan fingerprint density at radius 3 is 2.63 bits per heavy atom. The number of benzene rings is 1. The van der Waals surface area contributed by atoms with Crippen molar-refractivity contribution in [3.63, 3.8) is 0 Å². The van der Waals surface area contributed by atoms with E-state index in [-0.39, 0.29) is 0 Å². The Balaban J connectivity index is 1.51. The van der Waals surface area contributed by atoms with Gasteiger partial charge in [-0.15, -0.1) is 0 Å². The Bertz CT molecular complexity index is 704. The number of nitrogens with two attached hydrogens (primary N) is 1. The van der Waals surface area contributed by atoms with Gasteiger partial charge >= 0.3 is 0 Å². The molecule has 0 bridgehead atoms. The van der Waals surface area contributed by atoms with Crippen LogP contribution in [0.15, 0.2) is 30.6 Å². The van der Waals surface area contributed by atoms with Crippen LogP contribution in [0.3, 0.4) is 0 Å². The number of aromatic nitrogens is 2. The van der Waals surface area contributed by atoms with Gasteiger partial charge in [0.25, 0.3) is 0 Å². The van der Waals surface area contributed by atoms with Gasteiger partial charge in [-0.3, -0.25) is 4.90 Å². The molecule has 0 atom stereocenters. The molecule has 0 unspecified atom stereocenters. The van der Waals surface area contributed by atoms with Crippen LogP contribution in [-0.2, 0) is 4.74 Å². The SMILES string of the molecule is CCOc1ccc(Nc2ncnc(NCCCN3CCOCC3)c2N)cc1. The van der Waals surface area contributed by atoms with E-state index < -0.39 is 0 Å². The highest BCUT2D eigenvalue weighted by molar-refractivity contribution is 5.77. The molecule has 8 nitrogen and oxygen atoms in total. The molecule has 0 amide bonds. The fourth-order valence-electron chi connectivity index (χ4n) is 2.91. The van der Waals surface area contributed by atoms with Crippen molar-refractivity contribution in [2.24, 2.45) is 0 Å². The molecule has 1 aliphatic rings. The van der Waals surface area contributed by atoms with Crippen LogP contribution in [0.4, 0.5) is 23.0 Å². The minimum absolute atomic E-state index is 0.512. The molecular weight excluding hydrogens is 344 g/mol. The zero-order chi connectivity index (χ0) is 18.9. The monoisotopic (exact) mass is 372 g/mol. The van der Waals surface area contributed by atoms with E-state index in [9.17, 15) is 0 Å². The van der Waals surface area contributed by atoms with E-state index in [1.165, 1.54) is 6.33 Å². The second-order valence-corrected chi connectivity index (χ2v) is 6.30. The van der Waals surface area contributed by atoms with E-state index >= 15 is 0 Å². The lowest BCUT2D eigenvalue weighted by Crippen LogP contribution is -2.37. The van der Waals surface area contributed by atoms with E-state index in [4.69, 9.17) is 15.2 Å². The third-order valence-electron chi connectivity index (χ3n) is 4.36. The van der Waals surface area contributed by atoms with Crippen LogP contribution in [-0.4, -0.2) is 60.9 Å². The lowest BCUT2D eigenvalue weighted by Gasteiger charge is -2.26. The van der Waals surface area contributed by atoms with E-state index in [0.29, 0.717) is 23.9 Å². The summed E-state index contributed by atoms with van der Waals surface area (Å²) in [6.45, 7) is 8.12. The van der Waals surface area contributed by atoms with Crippen molar-refractivity contribution >= 4 is 23.0 Å². The van der Waals surface area contributed by atoms with Crippen LogP contribution < -0.4 is 21.1 Å². The van der Waals surface area contributed by atoms with Crippen molar-refractivity contribution < 1.29 is 9.47 Å². The molecule has 1 fully saturated rings. The van der Waals surface area contributed by atoms with Gasteiger partial charge in [0, 0.05) is 25.3 Å². The van der Waals surface area contributed by atoms with Crippen LogP contribution in [0.25, 0.3) is 0 Å². The Morgan fingerprint density at radius 1 is 1.15 bits per heavy atom. The molecule has 0 saturated carbocycles. The molecule has 0 radical (unpaired) electrons. The Hall–Kier alpha value is -2.58. The Kier molecular flexibility index (Phi) is 7.06. The predicted molar refractivity (Wildman–Crippen MR) is 108 cm³/mol. The third-order valence-corrected chi connectivity index (χ3v) is 4.36. The molecule has 1 aromatic heterocycles. The van der Waals surface area contributed by atoms with E-state index in [2.05, 4.69) is 25.5 Å². The zero-order valence-corrected chi connectivity index (χ0v) is 15.8. The summed E-state index contributed by atoms with van der Waals surface area (Å²) >= 11 is 0. The molecule has 3 rings (SSSR count). The van der Waals surface area contributed by atoms with Gasteiger partial charge in [-0.05, 0) is 44.2 Å². The highest BCUT2D eigenvalue weighted by Gasteiger charge is 2.11. The maximum Gasteiger partial charge on any atom is 0.159 e.